The number of fused-ring (bicyclic) bond motifs is 3. The third-order valence-corrected chi connectivity index (χ3v) is 8.19. The van der Waals surface area contributed by atoms with Gasteiger partial charge in [-0.3, -0.25) is 9.69 Å². The predicted molar refractivity (Wildman–Crippen MR) is 130 cm³/mol. The number of nitrogens with two attached hydrogens (primary N) is 1. The lowest BCUT2D eigenvalue weighted by atomic mass is 10.2. The third-order valence-electron chi connectivity index (χ3n) is 6.37. The van der Waals surface area contributed by atoms with Gasteiger partial charge in [0.15, 0.2) is 5.65 Å². The number of benzene rings is 2. The van der Waals surface area contributed by atoms with Gasteiger partial charge in [-0.1, -0.05) is 17.7 Å². The van der Waals surface area contributed by atoms with E-state index in [1.165, 1.54) is 4.52 Å². The molecule has 34 heavy (non-hydrogen) atoms. The fraction of sp³-hybridized carbons (Fsp3) is 0.348. The maximum atomic E-state index is 13.4. The fourth-order valence-electron chi connectivity index (χ4n) is 4.59. The lowest BCUT2D eigenvalue weighted by Gasteiger charge is -2.36. The van der Waals surface area contributed by atoms with Crippen LogP contribution in [0, 0.1) is 13.8 Å². The van der Waals surface area contributed by atoms with Gasteiger partial charge in [-0.15, -0.1) is 5.10 Å². The Labute approximate surface area is 196 Å². The Hall–Kier alpha value is -3.28. The van der Waals surface area contributed by atoms with Crippen LogP contribution < -0.4 is 16.2 Å². The van der Waals surface area contributed by atoms with Crippen molar-refractivity contribution in [3.05, 3.63) is 57.9 Å². The van der Waals surface area contributed by atoms with Crippen LogP contribution in [0.3, 0.4) is 0 Å². The van der Waals surface area contributed by atoms with E-state index >= 15 is 0 Å². The summed E-state index contributed by atoms with van der Waals surface area (Å²) in [6.45, 7) is 8.64. The summed E-state index contributed by atoms with van der Waals surface area (Å²) in [5.74, 6) is 0. The maximum absolute atomic E-state index is 13.4. The van der Waals surface area contributed by atoms with Crippen molar-refractivity contribution in [1.82, 2.24) is 24.7 Å². The predicted octanol–water partition coefficient (Wildman–Crippen LogP) is 1.10. The summed E-state index contributed by atoms with van der Waals surface area (Å²) >= 11 is 0. The van der Waals surface area contributed by atoms with Crippen LogP contribution in [0.4, 0.5) is 5.69 Å². The highest BCUT2D eigenvalue weighted by Gasteiger charge is 2.28. The van der Waals surface area contributed by atoms with E-state index in [2.05, 4.69) is 25.1 Å². The van der Waals surface area contributed by atoms with Crippen molar-refractivity contribution in [3.63, 3.8) is 0 Å². The SMILES string of the molecule is Cc1ccc(S(=O)(=O)c2n[nH]n3c2nc(=O)c2ccc(N4CCN(CCN)CC4)cc23)c(C)c1. The van der Waals surface area contributed by atoms with Crippen molar-refractivity contribution in [1.29, 1.82) is 0 Å². The van der Waals surface area contributed by atoms with Crippen molar-refractivity contribution >= 4 is 32.1 Å². The van der Waals surface area contributed by atoms with Crippen LogP contribution in [0.25, 0.3) is 16.6 Å². The molecule has 0 radical (unpaired) electrons. The summed E-state index contributed by atoms with van der Waals surface area (Å²) in [6, 6.07) is 10.6. The van der Waals surface area contributed by atoms with E-state index in [9.17, 15) is 13.2 Å². The molecule has 178 valence electrons. The van der Waals surface area contributed by atoms with E-state index in [1.807, 2.05) is 19.1 Å². The van der Waals surface area contributed by atoms with Gasteiger partial charge < -0.3 is 10.6 Å². The molecule has 0 bridgehead atoms. The molecule has 3 N–H and O–H groups in total. The molecule has 1 saturated heterocycles. The maximum Gasteiger partial charge on any atom is 0.281 e. The summed E-state index contributed by atoms with van der Waals surface area (Å²) in [7, 11) is -3.99. The number of aromatic nitrogens is 4. The molecule has 0 aliphatic carbocycles. The Kier molecular flexibility index (Phi) is 5.62. The summed E-state index contributed by atoms with van der Waals surface area (Å²) in [4.78, 5) is 21.6. The second-order valence-corrected chi connectivity index (χ2v) is 10.5. The molecule has 11 heteroatoms. The monoisotopic (exact) mass is 481 g/mol. The highest BCUT2D eigenvalue weighted by atomic mass is 32.2. The lowest BCUT2D eigenvalue weighted by Crippen LogP contribution is -2.47. The van der Waals surface area contributed by atoms with E-state index in [-0.39, 0.29) is 15.6 Å². The second kappa shape index (κ2) is 8.49. The first-order chi connectivity index (χ1) is 16.3. The number of aryl methyl sites for hydroxylation is 2. The number of anilines is 1. The van der Waals surface area contributed by atoms with E-state index in [0.717, 1.165) is 44.0 Å². The Morgan fingerprint density at radius 3 is 2.53 bits per heavy atom. The topological polar surface area (TPSA) is 130 Å². The van der Waals surface area contributed by atoms with Gasteiger partial charge in [0.25, 0.3) is 5.56 Å². The Morgan fingerprint density at radius 1 is 1.06 bits per heavy atom. The van der Waals surface area contributed by atoms with Crippen LogP contribution in [0.5, 0.6) is 0 Å². The zero-order valence-corrected chi connectivity index (χ0v) is 20.0. The molecule has 0 unspecified atom stereocenters. The number of hydrogen-bond acceptors (Lipinski definition) is 8. The third kappa shape index (κ3) is 3.75. The van der Waals surface area contributed by atoms with Crippen LogP contribution in [0.2, 0.25) is 0 Å². The second-order valence-electron chi connectivity index (χ2n) is 8.68. The lowest BCUT2D eigenvalue weighted by molar-refractivity contribution is 0.265. The van der Waals surface area contributed by atoms with Crippen molar-refractivity contribution in [2.45, 2.75) is 23.8 Å². The molecule has 2 aromatic carbocycles. The van der Waals surface area contributed by atoms with Gasteiger partial charge in [-0.25, -0.2) is 18.1 Å². The first-order valence-electron chi connectivity index (χ1n) is 11.2. The van der Waals surface area contributed by atoms with Gasteiger partial charge in [-0.2, -0.15) is 4.98 Å². The molecule has 0 atom stereocenters. The zero-order valence-electron chi connectivity index (χ0n) is 19.2. The van der Waals surface area contributed by atoms with Gasteiger partial charge in [0.1, 0.15) is 0 Å². The molecule has 0 spiro atoms. The normalized spacial score (nSPS) is 15.4. The standard InChI is InChI=1S/C23H27N7O3S/c1-15-3-6-20(16(2)13-15)34(32,33)23-21-25-22(31)18-5-4-17(14-19(18)30(21)27-26-23)29-11-9-28(8-7-24)10-12-29/h3-6,13-14,27H,7-12,24H2,1-2H3. The molecule has 4 aromatic rings. The van der Waals surface area contributed by atoms with Gasteiger partial charge in [0.2, 0.25) is 14.9 Å². The van der Waals surface area contributed by atoms with Crippen molar-refractivity contribution in [3.8, 4) is 0 Å². The van der Waals surface area contributed by atoms with Crippen molar-refractivity contribution < 1.29 is 8.42 Å². The largest absolute Gasteiger partial charge is 0.369 e. The van der Waals surface area contributed by atoms with Crippen LogP contribution >= 0.6 is 0 Å². The minimum atomic E-state index is -3.99. The molecular weight excluding hydrogens is 454 g/mol. The average molecular weight is 482 g/mol. The minimum absolute atomic E-state index is 0.0117. The van der Waals surface area contributed by atoms with Crippen LogP contribution in [0.1, 0.15) is 11.1 Å². The number of H-pyrrole nitrogens is 1. The molecule has 1 aliphatic rings. The number of rotatable bonds is 5. The number of piperazine rings is 1. The average Bonchev–Trinajstić information content (AvgIpc) is 3.24. The number of nitrogens with zero attached hydrogens (tertiary/aromatic N) is 5. The molecule has 1 aliphatic heterocycles. The Morgan fingerprint density at radius 2 is 1.82 bits per heavy atom. The van der Waals surface area contributed by atoms with Crippen molar-refractivity contribution in [2.75, 3.05) is 44.2 Å². The van der Waals surface area contributed by atoms with Crippen LogP contribution in [-0.4, -0.2) is 72.4 Å². The van der Waals surface area contributed by atoms with E-state index < -0.39 is 15.4 Å². The fourth-order valence-corrected chi connectivity index (χ4v) is 6.07. The van der Waals surface area contributed by atoms with E-state index in [1.54, 1.807) is 31.2 Å². The smallest absolute Gasteiger partial charge is 0.281 e. The molecule has 1 fully saturated rings. The first kappa shape index (κ1) is 22.5. The summed E-state index contributed by atoms with van der Waals surface area (Å²) in [5, 5.41) is 6.98. The first-order valence-corrected chi connectivity index (χ1v) is 12.7. The molecule has 3 heterocycles. The highest BCUT2D eigenvalue weighted by Crippen LogP contribution is 2.27. The molecule has 5 rings (SSSR count). The van der Waals surface area contributed by atoms with Gasteiger partial charge >= 0.3 is 0 Å². The highest BCUT2D eigenvalue weighted by molar-refractivity contribution is 7.91. The quantitative estimate of drug-likeness (QED) is 0.434. The van der Waals surface area contributed by atoms with E-state index in [0.29, 0.717) is 23.0 Å². The summed E-state index contributed by atoms with van der Waals surface area (Å²) in [6.07, 6.45) is 0. The number of sulfone groups is 1. The number of nitrogens with one attached hydrogen (secondary N) is 1. The molecule has 0 amide bonds. The van der Waals surface area contributed by atoms with E-state index in [4.69, 9.17) is 5.73 Å². The van der Waals surface area contributed by atoms with Gasteiger partial charge in [-0.05, 0) is 43.7 Å². The Balaban J connectivity index is 1.60. The minimum Gasteiger partial charge on any atom is -0.369 e. The van der Waals surface area contributed by atoms with Crippen molar-refractivity contribution in [2.24, 2.45) is 5.73 Å². The summed E-state index contributed by atoms with van der Waals surface area (Å²) in [5.41, 5.74) is 8.22. The summed E-state index contributed by atoms with van der Waals surface area (Å²) < 4.78 is 28.3. The molecule has 0 saturated carbocycles. The van der Waals surface area contributed by atoms with Gasteiger partial charge in [0.05, 0.1) is 15.8 Å². The Bertz CT molecular complexity index is 1550. The van der Waals surface area contributed by atoms with Crippen LogP contribution in [-0.2, 0) is 9.84 Å². The molecule has 2 aromatic heterocycles. The number of hydrogen-bond donors (Lipinski definition) is 2. The van der Waals surface area contributed by atoms with Crippen LogP contribution in [0.15, 0.2) is 51.1 Å². The van der Waals surface area contributed by atoms with Gasteiger partial charge in [0, 0.05) is 45.0 Å². The molecular formula is C23H27N7O3S. The zero-order chi connectivity index (χ0) is 24.0. The molecule has 10 nitrogen and oxygen atoms in total. The number of aromatic amines is 1.